The van der Waals surface area contributed by atoms with Gasteiger partial charge >= 0.3 is 0 Å². The van der Waals surface area contributed by atoms with Crippen LogP contribution in [0.25, 0.3) is 0 Å². The van der Waals surface area contributed by atoms with Crippen LogP contribution < -0.4 is 10.1 Å². The van der Waals surface area contributed by atoms with Gasteiger partial charge in [0, 0.05) is 11.8 Å². The van der Waals surface area contributed by atoms with Gasteiger partial charge in [-0.15, -0.1) is 0 Å². The van der Waals surface area contributed by atoms with E-state index in [1.54, 1.807) is 17.8 Å². The van der Waals surface area contributed by atoms with Gasteiger partial charge in [0.25, 0.3) is 0 Å². The quantitative estimate of drug-likeness (QED) is 0.880. The molecule has 2 rings (SSSR count). The maximum absolute atomic E-state index is 13.0. The molecule has 3 nitrogen and oxygen atoms in total. The number of hydrogen-bond acceptors (Lipinski definition) is 4. The van der Waals surface area contributed by atoms with Crippen molar-refractivity contribution in [3.63, 3.8) is 0 Å². The Hall–Kier alpha value is -1.23. The van der Waals surface area contributed by atoms with E-state index in [4.69, 9.17) is 4.74 Å². The van der Waals surface area contributed by atoms with Crippen molar-refractivity contribution in [2.75, 3.05) is 18.2 Å². The first-order valence-corrected chi connectivity index (χ1v) is 6.49. The van der Waals surface area contributed by atoms with E-state index in [1.165, 1.54) is 19.2 Å². The lowest BCUT2D eigenvalue weighted by Crippen LogP contribution is -2.18. The van der Waals surface area contributed by atoms with Gasteiger partial charge in [-0.1, -0.05) is 11.8 Å². The molecule has 0 radical (unpaired) electrons. The van der Waals surface area contributed by atoms with Crippen molar-refractivity contribution in [3.8, 4) is 5.75 Å². The monoisotopic (exact) mass is 254 g/mol. The Morgan fingerprint density at radius 2 is 2.35 bits per heavy atom. The predicted molar refractivity (Wildman–Crippen MR) is 70.5 cm³/mol. The van der Waals surface area contributed by atoms with Crippen molar-refractivity contribution < 1.29 is 9.13 Å². The molecule has 1 heterocycles. The molecular formula is C12H15FN2OS. The van der Waals surface area contributed by atoms with Crippen LogP contribution in [0.15, 0.2) is 23.2 Å². The van der Waals surface area contributed by atoms with Crippen LogP contribution in [-0.4, -0.2) is 24.1 Å². The molecule has 1 aromatic rings. The molecule has 0 saturated carbocycles. The van der Waals surface area contributed by atoms with Gasteiger partial charge in [-0.2, -0.15) is 0 Å². The SMILES string of the molecule is COc1cc(F)ccc1NC1=NC(C)CCS1. The summed E-state index contributed by atoms with van der Waals surface area (Å²) in [5, 5.41) is 4.05. The number of benzene rings is 1. The van der Waals surface area contributed by atoms with Gasteiger partial charge in [0.15, 0.2) is 5.17 Å². The summed E-state index contributed by atoms with van der Waals surface area (Å²) < 4.78 is 18.2. The van der Waals surface area contributed by atoms with Gasteiger partial charge in [0.1, 0.15) is 11.6 Å². The highest BCUT2D eigenvalue weighted by atomic mass is 32.2. The van der Waals surface area contributed by atoms with Crippen LogP contribution >= 0.6 is 11.8 Å². The molecule has 0 aliphatic carbocycles. The number of anilines is 1. The molecule has 0 fully saturated rings. The van der Waals surface area contributed by atoms with Crippen molar-refractivity contribution in [2.24, 2.45) is 4.99 Å². The van der Waals surface area contributed by atoms with Gasteiger partial charge in [-0.25, -0.2) is 4.39 Å². The molecule has 1 aliphatic heterocycles. The zero-order valence-corrected chi connectivity index (χ0v) is 10.7. The fourth-order valence-electron chi connectivity index (χ4n) is 1.58. The molecule has 1 aliphatic rings. The Kier molecular flexibility index (Phi) is 3.89. The number of rotatable bonds is 2. The molecule has 17 heavy (non-hydrogen) atoms. The number of aliphatic imine (C=N–C) groups is 1. The molecule has 1 atom stereocenters. The van der Waals surface area contributed by atoms with Gasteiger partial charge in [0.2, 0.25) is 0 Å². The molecular weight excluding hydrogens is 239 g/mol. The Labute approximate surface area is 104 Å². The number of amidine groups is 1. The van der Waals surface area contributed by atoms with Crippen molar-refractivity contribution in [3.05, 3.63) is 24.0 Å². The summed E-state index contributed by atoms with van der Waals surface area (Å²) in [7, 11) is 1.53. The fraction of sp³-hybridized carbons (Fsp3) is 0.417. The third kappa shape index (κ3) is 3.12. The van der Waals surface area contributed by atoms with E-state index in [2.05, 4.69) is 17.2 Å². The summed E-state index contributed by atoms with van der Waals surface area (Å²) in [6.45, 7) is 2.09. The Morgan fingerprint density at radius 3 is 3.06 bits per heavy atom. The summed E-state index contributed by atoms with van der Waals surface area (Å²) in [6.07, 6.45) is 1.09. The van der Waals surface area contributed by atoms with E-state index >= 15 is 0 Å². The number of nitrogens with one attached hydrogen (secondary N) is 1. The molecule has 5 heteroatoms. The second-order valence-electron chi connectivity index (χ2n) is 3.89. The van der Waals surface area contributed by atoms with E-state index in [1.807, 2.05) is 0 Å². The zero-order valence-electron chi connectivity index (χ0n) is 9.87. The summed E-state index contributed by atoms with van der Waals surface area (Å²) in [6, 6.07) is 4.77. The highest BCUT2D eigenvalue weighted by Crippen LogP contribution is 2.27. The van der Waals surface area contributed by atoms with Crippen LogP contribution in [0, 0.1) is 5.82 Å². The number of methoxy groups -OCH3 is 1. The molecule has 0 aromatic heterocycles. The van der Waals surface area contributed by atoms with Crippen LogP contribution in [0.3, 0.4) is 0 Å². The number of hydrogen-bond donors (Lipinski definition) is 1. The van der Waals surface area contributed by atoms with Gasteiger partial charge in [-0.05, 0) is 25.5 Å². The van der Waals surface area contributed by atoms with Crippen molar-refractivity contribution in [2.45, 2.75) is 19.4 Å². The van der Waals surface area contributed by atoms with Crippen LogP contribution in [0.4, 0.5) is 10.1 Å². The molecule has 0 bridgehead atoms. The summed E-state index contributed by atoms with van der Waals surface area (Å²) in [5.74, 6) is 1.24. The summed E-state index contributed by atoms with van der Waals surface area (Å²) in [4.78, 5) is 4.49. The first-order valence-electron chi connectivity index (χ1n) is 5.50. The average molecular weight is 254 g/mol. The lowest BCUT2D eigenvalue weighted by molar-refractivity contribution is 0.413. The van der Waals surface area contributed by atoms with Crippen LogP contribution in [0.2, 0.25) is 0 Å². The zero-order chi connectivity index (χ0) is 12.3. The minimum absolute atomic E-state index is 0.306. The van der Waals surface area contributed by atoms with Gasteiger partial charge < -0.3 is 10.1 Å². The second-order valence-corrected chi connectivity index (χ2v) is 4.97. The fourth-order valence-corrected chi connectivity index (χ4v) is 2.67. The number of halogens is 1. The maximum Gasteiger partial charge on any atom is 0.161 e. The van der Waals surface area contributed by atoms with Crippen LogP contribution in [0.5, 0.6) is 5.75 Å². The topological polar surface area (TPSA) is 33.6 Å². The third-order valence-electron chi connectivity index (χ3n) is 2.52. The predicted octanol–water partition coefficient (Wildman–Crippen LogP) is 3.13. The summed E-state index contributed by atoms with van der Waals surface area (Å²) >= 11 is 1.67. The minimum atomic E-state index is -0.306. The first-order chi connectivity index (χ1) is 8.19. The van der Waals surface area contributed by atoms with E-state index in [9.17, 15) is 4.39 Å². The average Bonchev–Trinajstić information content (AvgIpc) is 2.31. The molecule has 1 unspecified atom stereocenters. The van der Waals surface area contributed by atoms with Crippen molar-refractivity contribution >= 4 is 22.6 Å². The number of nitrogens with zero attached hydrogens (tertiary/aromatic N) is 1. The van der Waals surface area contributed by atoms with E-state index < -0.39 is 0 Å². The second kappa shape index (κ2) is 5.40. The smallest absolute Gasteiger partial charge is 0.161 e. The van der Waals surface area contributed by atoms with E-state index in [-0.39, 0.29) is 5.82 Å². The lowest BCUT2D eigenvalue weighted by Gasteiger charge is -2.18. The normalized spacial score (nSPS) is 19.7. The Balaban J connectivity index is 2.18. The third-order valence-corrected chi connectivity index (χ3v) is 3.44. The molecule has 0 amide bonds. The van der Waals surface area contributed by atoms with Crippen molar-refractivity contribution in [1.29, 1.82) is 0 Å². The van der Waals surface area contributed by atoms with E-state index in [0.717, 1.165) is 23.0 Å². The largest absolute Gasteiger partial charge is 0.494 e. The van der Waals surface area contributed by atoms with E-state index in [0.29, 0.717) is 11.8 Å². The highest BCUT2D eigenvalue weighted by Gasteiger charge is 2.13. The van der Waals surface area contributed by atoms with Crippen LogP contribution in [0.1, 0.15) is 13.3 Å². The highest BCUT2D eigenvalue weighted by molar-refractivity contribution is 8.14. The van der Waals surface area contributed by atoms with Gasteiger partial charge in [-0.3, -0.25) is 4.99 Å². The van der Waals surface area contributed by atoms with Crippen LogP contribution in [-0.2, 0) is 0 Å². The minimum Gasteiger partial charge on any atom is -0.494 e. The Morgan fingerprint density at radius 1 is 1.53 bits per heavy atom. The van der Waals surface area contributed by atoms with Gasteiger partial charge in [0.05, 0.1) is 18.8 Å². The Bertz CT molecular complexity index is 437. The molecule has 0 spiro atoms. The standard InChI is InChI=1S/C12H15FN2OS/c1-8-5-6-17-12(14-8)15-10-4-3-9(13)7-11(10)16-2/h3-4,7-8H,5-6H2,1-2H3,(H,14,15). The molecule has 1 N–H and O–H groups in total. The lowest BCUT2D eigenvalue weighted by atomic mass is 10.3. The molecule has 92 valence electrons. The summed E-state index contributed by atoms with van der Waals surface area (Å²) in [5.41, 5.74) is 0.745. The number of ether oxygens (including phenoxy) is 1. The maximum atomic E-state index is 13.0. The molecule has 1 aromatic carbocycles. The number of thioether (sulfide) groups is 1. The molecule has 0 saturated heterocycles. The first kappa shape index (κ1) is 12.2. The van der Waals surface area contributed by atoms with Crippen molar-refractivity contribution in [1.82, 2.24) is 0 Å².